The maximum Gasteiger partial charge on any atom is 0.192 e. The van der Waals surface area contributed by atoms with E-state index in [0.717, 1.165) is 24.5 Å². The van der Waals surface area contributed by atoms with Gasteiger partial charge in [-0.05, 0) is 43.9 Å². The Balaban J connectivity index is 1.82. The summed E-state index contributed by atoms with van der Waals surface area (Å²) in [6.07, 6.45) is 3.34. The SMILES string of the molecule is COc1ccc(CC2(C)CN=C(N)N2C2CC2)cc1OC. The highest BCUT2D eigenvalue weighted by Crippen LogP contribution is 2.38. The molecule has 1 aromatic carbocycles. The molecule has 5 heteroatoms. The summed E-state index contributed by atoms with van der Waals surface area (Å²) in [7, 11) is 3.32. The molecule has 0 bridgehead atoms. The van der Waals surface area contributed by atoms with Gasteiger partial charge in [-0.1, -0.05) is 6.07 Å². The molecule has 2 aliphatic rings. The van der Waals surface area contributed by atoms with Crippen molar-refractivity contribution in [1.82, 2.24) is 4.90 Å². The van der Waals surface area contributed by atoms with E-state index in [1.54, 1.807) is 14.2 Å². The number of rotatable bonds is 5. The van der Waals surface area contributed by atoms with Gasteiger partial charge in [-0.25, -0.2) is 0 Å². The van der Waals surface area contributed by atoms with Crippen LogP contribution in [0.4, 0.5) is 0 Å². The van der Waals surface area contributed by atoms with Crippen molar-refractivity contribution in [3.05, 3.63) is 23.8 Å². The van der Waals surface area contributed by atoms with Crippen molar-refractivity contribution < 1.29 is 9.47 Å². The lowest BCUT2D eigenvalue weighted by Crippen LogP contribution is -2.52. The number of benzene rings is 1. The van der Waals surface area contributed by atoms with Crippen LogP contribution in [0.25, 0.3) is 0 Å². The molecule has 0 amide bonds. The minimum Gasteiger partial charge on any atom is -0.493 e. The van der Waals surface area contributed by atoms with Crippen LogP contribution >= 0.6 is 0 Å². The Hall–Kier alpha value is -1.91. The van der Waals surface area contributed by atoms with E-state index in [-0.39, 0.29) is 5.54 Å². The van der Waals surface area contributed by atoms with Crippen LogP contribution < -0.4 is 15.2 Å². The molecule has 2 N–H and O–H groups in total. The highest BCUT2D eigenvalue weighted by molar-refractivity contribution is 5.81. The van der Waals surface area contributed by atoms with Crippen LogP contribution in [0.3, 0.4) is 0 Å². The standard InChI is InChI=1S/C16H23N3O2/c1-16(10-18-15(17)19(16)12-5-6-12)9-11-4-7-13(20-2)14(8-11)21-3/h4,7-8,12H,5-6,9-10H2,1-3H3,(H2,17,18). The molecule has 114 valence electrons. The molecule has 21 heavy (non-hydrogen) atoms. The topological polar surface area (TPSA) is 60.1 Å². The van der Waals surface area contributed by atoms with Crippen molar-refractivity contribution in [2.45, 2.75) is 37.8 Å². The lowest BCUT2D eigenvalue weighted by molar-refractivity contribution is 0.212. The third-order valence-corrected chi connectivity index (χ3v) is 4.36. The molecular weight excluding hydrogens is 266 g/mol. The molecule has 1 aromatic rings. The molecule has 1 atom stereocenters. The van der Waals surface area contributed by atoms with Crippen molar-refractivity contribution in [2.75, 3.05) is 20.8 Å². The van der Waals surface area contributed by atoms with Crippen LogP contribution in [0.15, 0.2) is 23.2 Å². The summed E-state index contributed by atoms with van der Waals surface area (Å²) in [4.78, 5) is 6.78. The minimum absolute atomic E-state index is 0.0369. The van der Waals surface area contributed by atoms with Gasteiger partial charge in [-0.2, -0.15) is 0 Å². The van der Waals surface area contributed by atoms with E-state index in [4.69, 9.17) is 15.2 Å². The van der Waals surface area contributed by atoms with E-state index >= 15 is 0 Å². The maximum absolute atomic E-state index is 6.08. The number of guanidine groups is 1. The Morgan fingerprint density at radius 3 is 2.62 bits per heavy atom. The van der Waals surface area contributed by atoms with Gasteiger partial charge >= 0.3 is 0 Å². The van der Waals surface area contributed by atoms with Crippen LogP contribution in [-0.2, 0) is 6.42 Å². The number of ether oxygens (including phenoxy) is 2. The van der Waals surface area contributed by atoms with Gasteiger partial charge in [0.1, 0.15) is 0 Å². The zero-order valence-corrected chi connectivity index (χ0v) is 12.9. The van der Waals surface area contributed by atoms with Gasteiger partial charge in [-0.15, -0.1) is 0 Å². The summed E-state index contributed by atoms with van der Waals surface area (Å²) in [6.45, 7) is 3.00. The van der Waals surface area contributed by atoms with Crippen molar-refractivity contribution in [3.63, 3.8) is 0 Å². The Labute approximate surface area is 125 Å². The third kappa shape index (κ3) is 2.52. The van der Waals surface area contributed by atoms with Gasteiger partial charge in [0.05, 0.1) is 26.3 Å². The van der Waals surface area contributed by atoms with E-state index in [2.05, 4.69) is 22.9 Å². The summed E-state index contributed by atoms with van der Waals surface area (Å²) < 4.78 is 10.7. The molecule has 3 rings (SSSR count). The van der Waals surface area contributed by atoms with Crippen molar-refractivity contribution >= 4 is 5.96 Å². The Kier molecular flexibility index (Phi) is 3.43. The highest BCUT2D eigenvalue weighted by Gasteiger charge is 2.45. The number of nitrogens with zero attached hydrogens (tertiary/aromatic N) is 2. The van der Waals surface area contributed by atoms with Crippen molar-refractivity contribution in [3.8, 4) is 11.5 Å². The second-order valence-corrected chi connectivity index (χ2v) is 6.14. The monoisotopic (exact) mass is 289 g/mol. The van der Waals surface area contributed by atoms with E-state index in [9.17, 15) is 0 Å². The second-order valence-electron chi connectivity index (χ2n) is 6.14. The molecule has 5 nitrogen and oxygen atoms in total. The first-order valence-electron chi connectivity index (χ1n) is 7.37. The third-order valence-electron chi connectivity index (χ3n) is 4.36. The zero-order valence-electron chi connectivity index (χ0n) is 12.9. The first-order chi connectivity index (χ1) is 10.1. The Bertz CT molecular complexity index is 569. The highest BCUT2D eigenvalue weighted by atomic mass is 16.5. The summed E-state index contributed by atoms with van der Waals surface area (Å²) in [5, 5.41) is 0. The largest absolute Gasteiger partial charge is 0.493 e. The van der Waals surface area contributed by atoms with Crippen LogP contribution in [0.5, 0.6) is 11.5 Å². The number of methoxy groups -OCH3 is 2. The molecule has 1 aliphatic carbocycles. The fraction of sp³-hybridized carbons (Fsp3) is 0.562. The molecular formula is C16H23N3O2. The first-order valence-corrected chi connectivity index (χ1v) is 7.37. The number of nitrogens with two attached hydrogens (primary N) is 1. The average Bonchev–Trinajstić information content (AvgIpc) is 3.25. The van der Waals surface area contributed by atoms with Gasteiger partial charge in [-0.3, -0.25) is 4.99 Å². The molecule has 1 aliphatic heterocycles. The van der Waals surface area contributed by atoms with Crippen molar-refractivity contribution in [1.29, 1.82) is 0 Å². The van der Waals surface area contributed by atoms with Gasteiger partial charge in [0.2, 0.25) is 0 Å². The van der Waals surface area contributed by atoms with E-state index < -0.39 is 0 Å². The van der Waals surface area contributed by atoms with E-state index in [0.29, 0.717) is 12.0 Å². The molecule has 0 radical (unpaired) electrons. The Morgan fingerprint density at radius 1 is 1.29 bits per heavy atom. The van der Waals surface area contributed by atoms with Gasteiger partial charge in [0.25, 0.3) is 0 Å². The van der Waals surface area contributed by atoms with Gasteiger partial charge < -0.3 is 20.1 Å². The van der Waals surface area contributed by atoms with E-state index in [1.165, 1.54) is 18.4 Å². The molecule has 1 fully saturated rings. The normalized spacial score (nSPS) is 24.9. The van der Waals surface area contributed by atoms with Crippen LogP contribution in [0.2, 0.25) is 0 Å². The fourth-order valence-electron chi connectivity index (χ4n) is 3.21. The minimum atomic E-state index is -0.0369. The molecule has 0 spiro atoms. The van der Waals surface area contributed by atoms with E-state index in [1.807, 2.05) is 12.1 Å². The first kappa shape index (κ1) is 14.0. The molecule has 1 heterocycles. The van der Waals surface area contributed by atoms with Crippen LogP contribution in [0.1, 0.15) is 25.3 Å². The predicted molar refractivity (Wildman–Crippen MR) is 83.0 cm³/mol. The summed E-state index contributed by atoms with van der Waals surface area (Å²) in [5.74, 6) is 2.22. The lowest BCUT2D eigenvalue weighted by Gasteiger charge is -2.36. The molecule has 1 unspecified atom stereocenters. The Morgan fingerprint density at radius 2 is 2.00 bits per heavy atom. The van der Waals surface area contributed by atoms with Crippen molar-refractivity contribution in [2.24, 2.45) is 10.7 Å². The zero-order chi connectivity index (χ0) is 15.0. The summed E-state index contributed by atoms with van der Waals surface area (Å²) >= 11 is 0. The maximum atomic E-state index is 6.08. The quantitative estimate of drug-likeness (QED) is 0.898. The average molecular weight is 289 g/mol. The predicted octanol–water partition coefficient (Wildman–Crippen LogP) is 1.80. The summed E-state index contributed by atoms with van der Waals surface area (Å²) in [6, 6.07) is 6.66. The van der Waals surface area contributed by atoms with Crippen LogP contribution in [-0.4, -0.2) is 43.2 Å². The number of hydrogen-bond donors (Lipinski definition) is 1. The molecule has 1 saturated carbocycles. The van der Waals surface area contributed by atoms with Gasteiger partial charge in [0, 0.05) is 6.04 Å². The number of aliphatic imine (C=N–C) groups is 1. The van der Waals surface area contributed by atoms with Crippen LogP contribution in [0, 0.1) is 0 Å². The fourth-order valence-corrected chi connectivity index (χ4v) is 3.21. The smallest absolute Gasteiger partial charge is 0.192 e. The lowest BCUT2D eigenvalue weighted by atomic mass is 9.91. The molecule has 0 saturated heterocycles. The number of hydrogen-bond acceptors (Lipinski definition) is 5. The summed E-state index contributed by atoms with van der Waals surface area (Å²) in [5.41, 5.74) is 7.26. The van der Waals surface area contributed by atoms with Gasteiger partial charge in [0.15, 0.2) is 17.5 Å². The molecule has 0 aromatic heterocycles. The second kappa shape index (κ2) is 5.13.